The minimum atomic E-state index is -0.981. The highest BCUT2D eigenvalue weighted by molar-refractivity contribution is 5.94. The fraction of sp³-hybridized carbons (Fsp3) is 0.611. The quantitative estimate of drug-likeness (QED) is 0.848. The van der Waals surface area contributed by atoms with Crippen LogP contribution in [0.25, 0.3) is 0 Å². The van der Waals surface area contributed by atoms with Crippen LogP contribution in [0, 0.1) is 23.0 Å². The summed E-state index contributed by atoms with van der Waals surface area (Å²) in [6.07, 6.45) is 1.88. The van der Waals surface area contributed by atoms with E-state index < -0.39 is 11.6 Å². The molecule has 2 saturated heterocycles. The molecule has 0 radical (unpaired) electrons. The molecule has 1 atom stereocenters. The van der Waals surface area contributed by atoms with E-state index in [1.807, 2.05) is 14.1 Å². The zero-order chi connectivity index (χ0) is 17.3. The predicted octanol–water partition coefficient (Wildman–Crippen LogP) is 2.40. The fourth-order valence-corrected chi connectivity index (χ4v) is 4.04. The molecule has 0 aromatic heterocycles. The Morgan fingerprint density at radius 1 is 1.29 bits per heavy atom. The van der Waals surface area contributed by atoms with Gasteiger partial charge in [-0.3, -0.25) is 4.79 Å². The monoisotopic (exact) mass is 338 g/mol. The molecule has 2 heterocycles. The Morgan fingerprint density at radius 3 is 2.62 bits per heavy atom. The van der Waals surface area contributed by atoms with Crippen molar-refractivity contribution >= 4 is 5.91 Å². The molecule has 1 spiro atoms. The zero-order valence-corrected chi connectivity index (χ0v) is 14.2. The number of nitrogens with zero attached hydrogens (tertiary/aromatic N) is 2. The van der Waals surface area contributed by atoms with E-state index in [-0.39, 0.29) is 16.9 Å². The molecule has 0 aliphatic carbocycles. The van der Waals surface area contributed by atoms with Crippen LogP contribution in [-0.4, -0.2) is 62.7 Å². The van der Waals surface area contributed by atoms with Crippen LogP contribution in [0.15, 0.2) is 18.2 Å². The van der Waals surface area contributed by atoms with Crippen molar-refractivity contribution in [2.45, 2.75) is 12.8 Å². The summed E-state index contributed by atoms with van der Waals surface area (Å²) >= 11 is 0. The number of hydrogen-bond acceptors (Lipinski definition) is 3. The minimum absolute atomic E-state index is 0.0662. The third-order valence-corrected chi connectivity index (χ3v) is 5.34. The average Bonchev–Trinajstić information content (AvgIpc) is 2.87. The summed E-state index contributed by atoms with van der Waals surface area (Å²) in [4.78, 5) is 16.7. The van der Waals surface area contributed by atoms with E-state index in [4.69, 9.17) is 4.74 Å². The molecule has 0 saturated carbocycles. The van der Waals surface area contributed by atoms with E-state index >= 15 is 0 Å². The minimum Gasteiger partial charge on any atom is -0.381 e. The Kier molecular flexibility index (Phi) is 4.88. The summed E-state index contributed by atoms with van der Waals surface area (Å²) in [6, 6.07) is 3.37. The van der Waals surface area contributed by atoms with Crippen LogP contribution in [0.2, 0.25) is 0 Å². The zero-order valence-electron chi connectivity index (χ0n) is 14.2. The van der Waals surface area contributed by atoms with E-state index in [0.717, 1.165) is 44.7 Å². The maximum Gasteiger partial charge on any atom is 0.253 e. The van der Waals surface area contributed by atoms with Gasteiger partial charge in [0.1, 0.15) is 0 Å². The number of amides is 1. The van der Waals surface area contributed by atoms with Crippen LogP contribution in [0.3, 0.4) is 0 Å². The molecular formula is C18H24F2N2O2. The summed E-state index contributed by atoms with van der Waals surface area (Å²) in [6.45, 7) is 3.65. The normalized spacial score (nSPS) is 23.2. The second-order valence-electron chi connectivity index (χ2n) is 7.25. The number of carbonyl (C=O) groups excluding carboxylic acids is 1. The van der Waals surface area contributed by atoms with Gasteiger partial charge in [-0.1, -0.05) is 0 Å². The topological polar surface area (TPSA) is 32.8 Å². The van der Waals surface area contributed by atoms with E-state index in [2.05, 4.69) is 4.90 Å². The van der Waals surface area contributed by atoms with Crippen LogP contribution >= 0.6 is 0 Å². The Hall–Kier alpha value is -1.53. The molecular weight excluding hydrogens is 314 g/mol. The summed E-state index contributed by atoms with van der Waals surface area (Å²) in [7, 11) is 4.07. The highest BCUT2D eigenvalue weighted by Crippen LogP contribution is 2.44. The lowest BCUT2D eigenvalue weighted by molar-refractivity contribution is -0.00451. The number of carbonyl (C=O) groups is 1. The van der Waals surface area contributed by atoms with Gasteiger partial charge in [0.15, 0.2) is 11.6 Å². The van der Waals surface area contributed by atoms with Crippen molar-refractivity contribution in [2.75, 3.05) is 46.9 Å². The van der Waals surface area contributed by atoms with Crippen molar-refractivity contribution in [2.24, 2.45) is 11.3 Å². The van der Waals surface area contributed by atoms with Gasteiger partial charge in [0, 0.05) is 38.4 Å². The van der Waals surface area contributed by atoms with E-state index in [9.17, 15) is 13.6 Å². The first-order valence-electron chi connectivity index (χ1n) is 8.38. The largest absolute Gasteiger partial charge is 0.381 e. The maximum absolute atomic E-state index is 13.5. The first kappa shape index (κ1) is 17.3. The molecule has 0 N–H and O–H groups in total. The number of hydrogen-bond donors (Lipinski definition) is 0. The summed E-state index contributed by atoms with van der Waals surface area (Å²) in [5, 5.41) is 0. The van der Waals surface area contributed by atoms with E-state index in [1.54, 1.807) is 4.90 Å². The van der Waals surface area contributed by atoms with Gasteiger partial charge in [-0.25, -0.2) is 8.78 Å². The lowest BCUT2D eigenvalue weighted by Crippen LogP contribution is -2.40. The van der Waals surface area contributed by atoms with Crippen molar-refractivity contribution in [3.8, 4) is 0 Å². The molecule has 1 aromatic rings. The fourth-order valence-electron chi connectivity index (χ4n) is 4.04. The van der Waals surface area contributed by atoms with Gasteiger partial charge in [-0.05, 0) is 56.5 Å². The Labute approximate surface area is 141 Å². The van der Waals surface area contributed by atoms with Crippen molar-refractivity contribution < 1.29 is 18.3 Å². The first-order valence-corrected chi connectivity index (χ1v) is 8.38. The summed E-state index contributed by atoms with van der Waals surface area (Å²) in [5.74, 6) is -1.77. The molecule has 2 fully saturated rings. The second kappa shape index (κ2) is 6.76. The number of ether oxygens (including phenoxy) is 1. The lowest BCUT2D eigenvalue weighted by atomic mass is 9.72. The van der Waals surface area contributed by atoms with Gasteiger partial charge in [0.25, 0.3) is 5.91 Å². The van der Waals surface area contributed by atoms with Crippen molar-refractivity contribution in [1.82, 2.24) is 9.80 Å². The van der Waals surface area contributed by atoms with Crippen molar-refractivity contribution in [1.29, 1.82) is 0 Å². The molecule has 6 heteroatoms. The molecule has 3 rings (SSSR count). The molecule has 4 nitrogen and oxygen atoms in total. The molecule has 1 aromatic carbocycles. The Bertz CT molecular complexity index is 615. The van der Waals surface area contributed by atoms with Crippen LogP contribution in [0.5, 0.6) is 0 Å². The van der Waals surface area contributed by atoms with Crippen LogP contribution in [0.4, 0.5) is 8.78 Å². The average molecular weight is 338 g/mol. The van der Waals surface area contributed by atoms with Gasteiger partial charge in [0.05, 0.1) is 0 Å². The highest BCUT2D eigenvalue weighted by Gasteiger charge is 2.48. The smallest absolute Gasteiger partial charge is 0.253 e. The maximum atomic E-state index is 13.5. The lowest BCUT2D eigenvalue weighted by Gasteiger charge is -2.38. The van der Waals surface area contributed by atoms with E-state index in [1.165, 1.54) is 6.07 Å². The molecule has 2 aliphatic rings. The Morgan fingerprint density at radius 2 is 2.00 bits per heavy atom. The van der Waals surface area contributed by atoms with Gasteiger partial charge in [-0.2, -0.15) is 0 Å². The number of halogens is 2. The third-order valence-electron chi connectivity index (χ3n) is 5.34. The Balaban J connectivity index is 1.81. The number of rotatable bonds is 3. The molecule has 0 bridgehead atoms. The highest BCUT2D eigenvalue weighted by atomic mass is 19.2. The number of benzene rings is 1. The molecule has 2 aliphatic heterocycles. The number of likely N-dealkylation sites (tertiary alicyclic amines) is 1. The SMILES string of the molecule is CN(C)C[C@@H]1CN(C(=O)c2ccc(F)c(F)c2)CC12CCOCC2. The van der Waals surface area contributed by atoms with Crippen molar-refractivity contribution in [3.05, 3.63) is 35.4 Å². The van der Waals surface area contributed by atoms with Crippen LogP contribution in [0.1, 0.15) is 23.2 Å². The van der Waals surface area contributed by atoms with E-state index in [0.29, 0.717) is 19.0 Å². The standard InChI is InChI=1S/C18H24F2N2O2/c1-21(2)10-14-11-22(12-18(14)5-7-24-8-6-18)17(23)13-3-4-15(19)16(20)9-13/h3-4,9,14H,5-8,10-12H2,1-2H3/t14-/m1/s1. The molecule has 0 unspecified atom stereocenters. The third kappa shape index (κ3) is 3.30. The van der Waals surface area contributed by atoms with Gasteiger partial charge in [0.2, 0.25) is 0 Å². The molecule has 132 valence electrons. The van der Waals surface area contributed by atoms with Gasteiger partial charge < -0.3 is 14.5 Å². The van der Waals surface area contributed by atoms with Crippen molar-refractivity contribution in [3.63, 3.8) is 0 Å². The first-order chi connectivity index (χ1) is 11.4. The second-order valence-corrected chi connectivity index (χ2v) is 7.25. The molecule has 1 amide bonds. The molecule has 24 heavy (non-hydrogen) atoms. The van der Waals surface area contributed by atoms with Gasteiger partial charge in [-0.15, -0.1) is 0 Å². The predicted molar refractivity (Wildman–Crippen MR) is 86.8 cm³/mol. The summed E-state index contributed by atoms with van der Waals surface area (Å²) < 4.78 is 32.1. The van der Waals surface area contributed by atoms with Crippen LogP contribution < -0.4 is 0 Å². The summed E-state index contributed by atoms with van der Waals surface area (Å²) in [5.41, 5.74) is 0.276. The van der Waals surface area contributed by atoms with Crippen LogP contribution in [-0.2, 0) is 4.74 Å². The van der Waals surface area contributed by atoms with Gasteiger partial charge >= 0.3 is 0 Å².